The van der Waals surface area contributed by atoms with E-state index in [1.54, 1.807) is 12.1 Å². The molecule has 1 aromatic carbocycles. The molecule has 0 radical (unpaired) electrons. The normalized spacial score (nSPS) is 20.1. The van der Waals surface area contributed by atoms with Crippen LogP contribution in [0, 0.1) is 5.82 Å². The Hall–Kier alpha value is -2.10. The highest BCUT2D eigenvalue weighted by Crippen LogP contribution is 2.30. The minimum atomic E-state index is -0.324. The van der Waals surface area contributed by atoms with Gasteiger partial charge in [0.1, 0.15) is 5.82 Å². The van der Waals surface area contributed by atoms with Gasteiger partial charge in [-0.25, -0.2) is 4.39 Å². The summed E-state index contributed by atoms with van der Waals surface area (Å²) in [6.45, 7) is 1.89. The lowest BCUT2D eigenvalue weighted by Gasteiger charge is -2.00. The van der Waals surface area contributed by atoms with Crippen LogP contribution in [0.5, 0.6) is 0 Å². The molecule has 1 aliphatic carbocycles. The lowest BCUT2D eigenvalue weighted by atomic mass is 10.0. The van der Waals surface area contributed by atoms with Gasteiger partial charge in [0.05, 0.1) is 5.71 Å². The molecule has 0 saturated carbocycles. The average Bonchev–Trinajstić information content (AvgIpc) is 2.86. The second-order valence-electron chi connectivity index (χ2n) is 4.56. The van der Waals surface area contributed by atoms with Crippen LogP contribution in [0.2, 0.25) is 0 Å². The van der Waals surface area contributed by atoms with E-state index < -0.39 is 0 Å². The molecule has 1 aromatic rings. The Kier molecular flexibility index (Phi) is 2.44. The van der Waals surface area contributed by atoms with Crippen LogP contribution in [0.3, 0.4) is 0 Å². The van der Waals surface area contributed by atoms with Crippen LogP contribution in [0.4, 0.5) is 4.39 Å². The first-order valence-corrected chi connectivity index (χ1v) is 5.77. The van der Waals surface area contributed by atoms with Crippen molar-refractivity contribution in [2.45, 2.75) is 19.8 Å². The highest BCUT2D eigenvalue weighted by Gasteiger charge is 2.25. The Bertz CT molecular complexity index is 641. The zero-order chi connectivity index (χ0) is 12.7. The van der Waals surface area contributed by atoms with Crippen LogP contribution in [0.15, 0.2) is 34.5 Å². The summed E-state index contributed by atoms with van der Waals surface area (Å²) >= 11 is 0. The van der Waals surface area contributed by atoms with E-state index in [9.17, 15) is 9.18 Å². The summed E-state index contributed by atoms with van der Waals surface area (Å²) < 4.78 is 13.2. The monoisotopic (exact) mass is 242 g/mol. The average molecular weight is 242 g/mol. The molecule has 0 amide bonds. The number of benzene rings is 1. The number of carbonyl (C=O) groups is 1. The third kappa shape index (κ3) is 1.79. The van der Waals surface area contributed by atoms with Crippen molar-refractivity contribution in [3.63, 3.8) is 0 Å². The number of carbonyl (C=O) groups excluding carboxylic acids is 1. The molecule has 3 nitrogen and oxygen atoms in total. The molecule has 4 heteroatoms. The number of rotatable bonds is 1. The lowest BCUT2D eigenvalue weighted by molar-refractivity contribution is -0.112. The van der Waals surface area contributed by atoms with Gasteiger partial charge < -0.3 is 0 Å². The largest absolute Gasteiger partial charge is 0.294 e. The van der Waals surface area contributed by atoms with Crippen molar-refractivity contribution < 1.29 is 9.18 Å². The zero-order valence-electron chi connectivity index (χ0n) is 9.90. The number of hydrogen-bond donors (Lipinski definition) is 0. The topological polar surface area (TPSA) is 41.8 Å². The Morgan fingerprint density at radius 3 is 2.83 bits per heavy atom. The smallest absolute Gasteiger partial charge is 0.167 e. The van der Waals surface area contributed by atoms with E-state index in [4.69, 9.17) is 0 Å². The van der Waals surface area contributed by atoms with Crippen molar-refractivity contribution in [3.05, 3.63) is 41.2 Å². The number of allylic oxidation sites excluding steroid dienone is 2. The second-order valence-corrected chi connectivity index (χ2v) is 4.56. The molecule has 0 fully saturated rings. The van der Waals surface area contributed by atoms with Crippen molar-refractivity contribution in [1.82, 2.24) is 0 Å². The number of hydrogen-bond acceptors (Lipinski definition) is 3. The van der Waals surface area contributed by atoms with Crippen molar-refractivity contribution >= 4 is 22.8 Å². The van der Waals surface area contributed by atoms with Gasteiger partial charge in [-0.1, -0.05) is 6.07 Å². The summed E-state index contributed by atoms with van der Waals surface area (Å²) in [5.41, 5.74) is 3.80. The van der Waals surface area contributed by atoms with E-state index in [1.165, 1.54) is 12.1 Å². The maximum absolute atomic E-state index is 13.2. The van der Waals surface area contributed by atoms with Crippen LogP contribution >= 0.6 is 0 Å². The van der Waals surface area contributed by atoms with Gasteiger partial charge in [-0.3, -0.25) is 4.79 Å². The summed E-state index contributed by atoms with van der Waals surface area (Å²) in [4.78, 5) is 11.9. The fraction of sp³-hybridized carbons (Fsp3) is 0.214. The van der Waals surface area contributed by atoms with Gasteiger partial charge in [-0.05, 0) is 36.3 Å². The van der Waals surface area contributed by atoms with Gasteiger partial charge in [0.2, 0.25) is 0 Å². The molecule has 0 bridgehead atoms. The van der Waals surface area contributed by atoms with Gasteiger partial charge >= 0.3 is 0 Å². The molecule has 0 unspecified atom stereocenters. The fourth-order valence-electron chi connectivity index (χ4n) is 2.26. The van der Waals surface area contributed by atoms with Crippen LogP contribution in [-0.4, -0.2) is 17.2 Å². The maximum atomic E-state index is 13.2. The van der Waals surface area contributed by atoms with E-state index in [0.29, 0.717) is 24.0 Å². The number of ketones is 1. The van der Waals surface area contributed by atoms with E-state index in [1.807, 2.05) is 6.92 Å². The second kappa shape index (κ2) is 3.98. The van der Waals surface area contributed by atoms with Gasteiger partial charge in [0, 0.05) is 24.1 Å². The maximum Gasteiger partial charge on any atom is 0.167 e. The van der Waals surface area contributed by atoms with Crippen LogP contribution in [-0.2, 0) is 11.2 Å². The van der Waals surface area contributed by atoms with E-state index in [0.717, 1.165) is 17.0 Å². The molecule has 0 aromatic heterocycles. The van der Waals surface area contributed by atoms with E-state index in [-0.39, 0.29) is 11.6 Å². The molecule has 2 aliphatic rings. The molecule has 1 aliphatic heterocycles. The first kappa shape index (κ1) is 11.0. The van der Waals surface area contributed by atoms with Gasteiger partial charge in [-0.2, -0.15) is 10.2 Å². The summed E-state index contributed by atoms with van der Waals surface area (Å²) in [6, 6.07) is 4.46. The molecular formula is C14H11FN2O. The fourth-order valence-corrected chi connectivity index (χ4v) is 2.26. The predicted molar refractivity (Wildman–Crippen MR) is 68.2 cm³/mol. The number of halogens is 1. The molecule has 0 N–H and O–H groups in total. The molecule has 90 valence electrons. The Morgan fingerprint density at radius 2 is 2.11 bits per heavy atom. The molecule has 18 heavy (non-hydrogen) atoms. The van der Waals surface area contributed by atoms with Crippen molar-refractivity contribution in [3.8, 4) is 0 Å². The number of nitrogens with zero attached hydrogens (tertiary/aromatic N) is 2. The highest BCUT2D eigenvalue weighted by atomic mass is 19.1. The third-order valence-corrected chi connectivity index (χ3v) is 3.11. The highest BCUT2D eigenvalue weighted by molar-refractivity contribution is 6.30. The molecule has 3 rings (SSSR count). The summed E-state index contributed by atoms with van der Waals surface area (Å²) in [5, 5.41) is 7.93. The molecular weight excluding hydrogens is 231 g/mol. The first-order valence-electron chi connectivity index (χ1n) is 5.77. The van der Waals surface area contributed by atoms with E-state index >= 15 is 0 Å². The van der Waals surface area contributed by atoms with E-state index in [2.05, 4.69) is 10.2 Å². The van der Waals surface area contributed by atoms with Gasteiger partial charge in [0.15, 0.2) is 5.78 Å². The minimum absolute atomic E-state index is 0.0165. The van der Waals surface area contributed by atoms with Crippen LogP contribution in [0.1, 0.15) is 24.5 Å². The minimum Gasteiger partial charge on any atom is -0.294 e. The zero-order valence-corrected chi connectivity index (χ0v) is 9.90. The third-order valence-electron chi connectivity index (χ3n) is 3.11. The summed E-state index contributed by atoms with van der Waals surface area (Å²) in [5.74, 6) is -0.307. The molecule has 0 saturated heterocycles. The number of fused-ring (bicyclic) bond motifs is 1. The lowest BCUT2D eigenvalue weighted by Crippen LogP contribution is -2.00. The van der Waals surface area contributed by atoms with Crippen molar-refractivity contribution in [2.24, 2.45) is 10.2 Å². The summed E-state index contributed by atoms with van der Waals surface area (Å²) in [7, 11) is 0. The van der Waals surface area contributed by atoms with Crippen LogP contribution in [0.25, 0.3) is 5.57 Å². The van der Waals surface area contributed by atoms with Crippen molar-refractivity contribution in [2.75, 3.05) is 0 Å². The van der Waals surface area contributed by atoms with Gasteiger partial charge in [0.25, 0.3) is 0 Å². The van der Waals surface area contributed by atoms with Crippen molar-refractivity contribution in [1.29, 1.82) is 0 Å². The first-order chi connectivity index (χ1) is 8.63. The predicted octanol–water partition coefficient (Wildman–Crippen LogP) is 2.55. The molecule has 0 spiro atoms. The van der Waals surface area contributed by atoms with Crippen LogP contribution < -0.4 is 0 Å². The molecule has 1 heterocycles. The Labute approximate surface area is 104 Å². The Balaban J connectivity index is 2.02. The summed E-state index contributed by atoms with van der Waals surface area (Å²) in [6.07, 6.45) is 2.73. The standard InChI is InChI=1S/C14H11FN2O/c1-8-4-11(17-16-8)7-13-12-6-10(15)3-2-9(12)5-14(13)18/h2-3,6-7H,4-5H2,1H3/b13-7-. The van der Waals surface area contributed by atoms with Gasteiger partial charge in [-0.15, -0.1) is 0 Å². The Morgan fingerprint density at radius 1 is 1.28 bits per heavy atom. The quantitative estimate of drug-likeness (QED) is 0.698. The SMILES string of the molecule is CC1=NN=C(/C=C2\C(=O)Cc3ccc(F)cc32)C1. The molecule has 0 atom stereocenters. The number of Topliss-reactive ketones (excluding diaryl/α,β-unsaturated/α-hetero) is 1.